The quantitative estimate of drug-likeness (QED) is 0.795. The normalized spacial score (nSPS) is 20.9. The summed E-state index contributed by atoms with van der Waals surface area (Å²) in [5.41, 5.74) is 1.35. The molecule has 1 aromatic rings. The van der Waals surface area contributed by atoms with Gasteiger partial charge >= 0.3 is 0 Å². The van der Waals surface area contributed by atoms with Crippen LogP contribution in [-0.2, 0) is 0 Å². The van der Waals surface area contributed by atoms with Gasteiger partial charge in [0.05, 0.1) is 12.6 Å². The predicted octanol–water partition coefficient (Wildman–Crippen LogP) is 2.59. The van der Waals surface area contributed by atoms with Crippen molar-refractivity contribution in [2.45, 2.75) is 43.5 Å². The van der Waals surface area contributed by atoms with Gasteiger partial charge in [-0.05, 0) is 38.3 Å². The summed E-state index contributed by atoms with van der Waals surface area (Å²) < 4.78 is 0. The van der Waals surface area contributed by atoms with E-state index in [0.29, 0.717) is 0 Å². The third-order valence-corrected chi connectivity index (χ3v) is 4.35. The van der Waals surface area contributed by atoms with Crippen LogP contribution in [0, 0.1) is 6.92 Å². The summed E-state index contributed by atoms with van der Waals surface area (Å²) in [6, 6.07) is 9.78. The Bertz CT molecular complexity index is 301. The van der Waals surface area contributed by atoms with Gasteiger partial charge in [0.2, 0.25) is 0 Å². The Kier molecular flexibility index (Phi) is 4.73. The van der Waals surface area contributed by atoms with E-state index in [1.807, 2.05) is 11.8 Å². The van der Waals surface area contributed by atoms with Crippen LogP contribution in [0.4, 0.5) is 0 Å². The molecule has 1 nitrogen and oxygen atoms in total. The highest BCUT2D eigenvalue weighted by Gasteiger charge is 2.15. The summed E-state index contributed by atoms with van der Waals surface area (Å²) in [4.78, 5) is 1.42. The highest BCUT2D eigenvalue weighted by molar-refractivity contribution is 7.99. The third kappa shape index (κ3) is 3.84. The van der Waals surface area contributed by atoms with Crippen molar-refractivity contribution in [2.24, 2.45) is 0 Å². The molecule has 0 unspecified atom stereocenters. The van der Waals surface area contributed by atoms with Gasteiger partial charge in [-0.3, -0.25) is 0 Å². The molecule has 1 saturated heterocycles. The first-order chi connectivity index (χ1) is 7.84. The van der Waals surface area contributed by atoms with Crippen molar-refractivity contribution in [1.82, 2.24) is 0 Å². The lowest BCUT2D eigenvalue weighted by Gasteiger charge is -2.19. The van der Waals surface area contributed by atoms with E-state index >= 15 is 0 Å². The lowest BCUT2D eigenvalue weighted by molar-refractivity contribution is -0.697. The minimum absolute atomic E-state index is 0.895. The lowest BCUT2D eigenvalue weighted by Crippen LogP contribution is -2.91. The second kappa shape index (κ2) is 6.31. The molecule has 0 amide bonds. The van der Waals surface area contributed by atoms with Gasteiger partial charge in [0.1, 0.15) is 0 Å². The molecule has 88 valence electrons. The Morgan fingerprint density at radius 2 is 2.06 bits per heavy atom. The standard InChI is InChI=1S/C14H21NS/c1-12-5-7-14(8-6-12)16-11-9-13-4-2-3-10-15-13/h5-8,13,15H,2-4,9-11H2,1H3/p+1/t13-/m1/s1. The zero-order chi connectivity index (χ0) is 11.2. The van der Waals surface area contributed by atoms with Gasteiger partial charge in [0.25, 0.3) is 0 Å². The van der Waals surface area contributed by atoms with E-state index in [2.05, 4.69) is 36.5 Å². The lowest BCUT2D eigenvalue weighted by atomic mass is 10.0. The van der Waals surface area contributed by atoms with E-state index < -0.39 is 0 Å². The zero-order valence-corrected chi connectivity index (χ0v) is 10.9. The van der Waals surface area contributed by atoms with Crippen LogP contribution in [0.5, 0.6) is 0 Å². The highest BCUT2D eigenvalue weighted by atomic mass is 32.2. The molecular weight excluding hydrogens is 214 g/mol. The molecule has 2 N–H and O–H groups in total. The van der Waals surface area contributed by atoms with Crippen LogP contribution in [0.2, 0.25) is 0 Å². The number of thioether (sulfide) groups is 1. The van der Waals surface area contributed by atoms with Crippen LogP contribution in [-0.4, -0.2) is 18.3 Å². The van der Waals surface area contributed by atoms with Crippen molar-refractivity contribution in [1.29, 1.82) is 0 Å². The van der Waals surface area contributed by atoms with E-state index in [0.717, 1.165) is 6.04 Å². The van der Waals surface area contributed by atoms with Gasteiger partial charge in [-0.1, -0.05) is 17.7 Å². The first-order valence-corrected chi connectivity index (χ1v) is 7.36. The number of hydrogen-bond acceptors (Lipinski definition) is 1. The summed E-state index contributed by atoms with van der Waals surface area (Å²) in [7, 11) is 0. The van der Waals surface area contributed by atoms with Crippen molar-refractivity contribution in [3.63, 3.8) is 0 Å². The molecule has 2 heteroatoms. The fourth-order valence-corrected chi connectivity index (χ4v) is 3.23. The molecule has 0 radical (unpaired) electrons. The Morgan fingerprint density at radius 3 is 2.75 bits per heavy atom. The molecule has 16 heavy (non-hydrogen) atoms. The smallest absolute Gasteiger partial charge is 0.0867 e. The molecule has 2 rings (SSSR count). The van der Waals surface area contributed by atoms with Gasteiger partial charge in [-0.2, -0.15) is 0 Å². The molecule has 0 spiro atoms. The first-order valence-electron chi connectivity index (χ1n) is 6.37. The average molecular weight is 236 g/mol. The molecule has 0 saturated carbocycles. The second-order valence-corrected chi connectivity index (χ2v) is 5.90. The zero-order valence-electron chi connectivity index (χ0n) is 10.1. The van der Waals surface area contributed by atoms with Crippen molar-refractivity contribution in [2.75, 3.05) is 12.3 Å². The van der Waals surface area contributed by atoms with Crippen molar-refractivity contribution < 1.29 is 5.32 Å². The van der Waals surface area contributed by atoms with Crippen LogP contribution in [0.3, 0.4) is 0 Å². The largest absolute Gasteiger partial charge is 0.344 e. The van der Waals surface area contributed by atoms with Crippen LogP contribution in [0.15, 0.2) is 29.2 Å². The van der Waals surface area contributed by atoms with E-state index in [9.17, 15) is 0 Å². The van der Waals surface area contributed by atoms with Crippen molar-refractivity contribution in [3.8, 4) is 0 Å². The van der Waals surface area contributed by atoms with Crippen LogP contribution in [0.1, 0.15) is 31.2 Å². The van der Waals surface area contributed by atoms with Gasteiger partial charge in [-0.15, -0.1) is 11.8 Å². The van der Waals surface area contributed by atoms with Gasteiger partial charge in [-0.25, -0.2) is 0 Å². The minimum Gasteiger partial charge on any atom is -0.344 e. The van der Waals surface area contributed by atoms with Gasteiger partial charge in [0, 0.05) is 17.1 Å². The average Bonchev–Trinajstić information content (AvgIpc) is 2.33. The van der Waals surface area contributed by atoms with Crippen LogP contribution >= 0.6 is 11.8 Å². The summed E-state index contributed by atoms with van der Waals surface area (Å²) in [6.45, 7) is 3.49. The molecule has 1 heterocycles. The molecule has 1 aromatic carbocycles. The van der Waals surface area contributed by atoms with E-state index in [1.165, 1.54) is 48.4 Å². The van der Waals surface area contributed by atoms with Crippen molar-refractivity contribution in [3.05, 3.63) is 29.8 Å². The fourth-order valence-electron chi connectivity index (χ4n) is 2.25. The molecule has 1 atom stereocenters. The third-order valence-electron chi connectivity index (χ3n) is 3.31. The molecule has 1 aliphatic rings. The van der Waals surface area contributed by atoms with Gasteiger partial charge < -0.3 is 5.32 Å². The second-order valence-electron chi connectivity index (χ2n) is 4.73. The number of rotatable bonds is 4. The number of aryl methyl sites for hydroxylation is 1. The maximum absolute atomic E-state index is 2.54. The Labute approximate surface area is 103 Å². The number of benzene rings is 1. The van der Waals surface area contributed by atoms with Crippen LogP contribution in [0.25, 0.3) is 0 Å². The Morgan fingerprint density at radius 1 is 1.25 bits per heavy atom. The SMILES string of the molecule is Cc1ccc(SCC[C@H]2CCCC[NH2+]2)cc1. The monoisotopic (exact) mass is 236 g/mol. The molecule has 1 fully saturated rings. The van der Waals surface area contributed by atoms with E-state index in [-0.39, 0.29) is 0 Å². The summed E-state index contributed by atoms with van der Waals surface area (Å²) >= 11 is 2.00. The molecule has 0 bridgehead atoms. The summed E-state index contributed by atoms with van der Waals surface area (Å²) in [6.07, 6.45) is 5.64. The maximum atomic E-state index is 2.54. The summed E-state index contributed by atoms with van der Waals surface area (Å²) in [5.74, 6) is 1.27. The predicted molar refractivity (Wildman–Crippen MR) is 71.0 cm³/mol. The Balaban J connectivity index is 1.69. The van der Waals surface area contributed by atoms with E-state index in [1.54, 1.807) is 0 Å². The molecular formula is C14H22NS+. The fraction of sp³-hybridized carbons (Fsp3) is 0.571. The Hall–Kier alpha value is -0.470. The van der Waals surface area contributed by atoms with Gasteiger partial charge in [0.15, 0.2) is 0 Å². The number of nitrogens with two attached hydrogens (primary N) is 1. The summed E-state index contributed by atoms with van der Waals surface area (Å²) in [5, 5.41) is 2.54. The minimum atomic E-state index is 0.895. The number of hydrogen-bond donors (Lipinski definition) is 1. The first kappa shape index (κ1) is 12.0. The van der Waals surface area contributed by atoms with Crippen LogP contribution < -0.4 is 5.32 Å². The van der Waals surface area contributed by atoms with E-state index in [4.69, 9.17) is 0 Å². The molecule has 0 aromatic heterocycles. The topological polar surface area (TPSA) is 16.6 Å². The molecule has 1 aliphatic heterocycles. The number of quaternary nitrogens is 1. The maximum Gasteiger partial charge on any atom is 0.0867 e. The highest BCUT2D eigenvalue weighted by Crippen LogP contribution is 2.20. The number of piperidine rings is 1. The molecule has 0 aliphatic carbocycles. The van der Waals surface area contributed by atoms with Crippen molar-refractivity contribution >= 4 is 11.8 Å².